The van der Waals surface area contributed by atoms with Gasteiger partial charge >= 0.3 is 6.01 Å². The minimum absolute atomic E-state index is 0.124. The Kier molecular flexibility index (Phi) is 6.14. The van der Waals surface area contributed by atoms with Crippen molar-refractivity contribution in [1.82, 2.24) is 10.2 Å². The topological polar surface area (TPSA) is 68.0 Å². The van der Waals surface area contributed by atoms with Gasteiger partial charge in [0.05, 0.1) is 0 Å². The van der Waals surface area contributed by atoms with Crippen LogP contribution in [-0.4, -0.2) is 28.1 Å². The largest absolute Gasteiger partial charge is 0.403 e. The first-order valence-electron chi connectivity index (χ1n) is 7.70. The van der Waals surface area contributed by atoms with Crippen LogP contribution in [0.1, 0.15) is 6.42 Å². The third-order valence-electron chi connectivity index (χ3n) is 3.35. The Morgan fingerprint density at radius 1 is 1.04 bits per heavy atom. The molecule has 1 aromatic heterocycles. The molecule has 0 saturated heterocycles. The zero-order valence-electron chi connectivity index (χ0n) is 13.6. The Labute approximate surface area is 154 Å². The van der Waals surface area contributed by atoms with Crippen LogP contribution in [0.3, 0.4) is 0 Å². The molecule has 3 aromatic rings. The Morgan fingerprint density at radius 2 is 1.80 bits per heavy atom. The van der Waals surface area contributed by atoms with Crippen molar-refractivity contribution in [2.24, 2.45) is 0 Å². The van der Waals surface area contributed by atoms with Gasteiger partial charge in [-0.1, -0.05) is 23.3 Å². The van der Waals surface area contributed by atoms with Gasteiger partial charge in [-0.15, -0.1) is 28.6 Å². The number of nitrogens with one attached hydrogen (secondary N) is 1. The number of nitrogens with zero attached hydrogens (tertiary/aromatic N) is 2. The molecule has 0 spiro atoms. The van der Waals surface area contributed by atoms with Gasteiger partial charge in [0.1, 0.15) is 0 Å². The summed E-state index contributed by atoms with van der Waals surface area (Å²) in [6, 6.07) is 17.9. The zero-order chi connectivity index (χ0) is 17.5. The number of amides is 1. The highest BCUT2D eigenvalue weighted by Gasteiger charge is 2.11. The number of anilines is 1. The van der Waals surface area contributed by atoms with E-state index in [-0.39, 0.29) is 11.9 Å². The highest BCUT2D eigenvalue weighted by atomic mass is 32.2. The van der Waals surface area contributed by atoms with Crippen molar-refractivity contribution >= 4 is 35.4 Å². The van der Waals surface area contributed by atoms with E-state index in [1.807, 2.05) is 60.9 Å². The van der Waals surface area contributed by atoms with E-state index in [4.69, 9.17) is 4.42 Å². The van der Waals surface area contributed by atoms with Gasteiger partial charge in [-0.25, -0.2) is 0 Å². The monoisotopic (exact) mass is 371 g/mol. The molecule has 2 aromatic carbocycles. The van der Waals surface area contributed by atoms with Crippen LogP contribution in [0.4, 0.5) is 6.01 Å². The van der Waals surface area contributed by atoms with Crippen molar-refractivity contribution < 1.29 is 9.21 Å². The van der Waals surface area contributed by atoms with Gasteiger partial charge in [0.15, 0.2) is 0 Å². The van der Waals surface area contributed by atoms with Crippen molar-refractivity contribution in [3.8, 4) is 11.5 Å². The lowest BCUT2D eigenvalue weighted by Crippen LogP contribution is -2.12. The molecule has 1 heterocycles. The molecule has 3 rings (SSSR count). The fourth-order valence-electron chi connectivity index (χ4n) is 2.08. The van der Waals surface area contributed by atoms with E-state index in [0.29, 0.717) is 18.1 Å². The summed E-state index contributed by atoms with van der Waals surface area (Å²) in [5.41, 5.74) is 0.824. The number of hydrogen-bond donors (Lipinski definition) is 1. The molecule has 0 fully saturated rings. The van der Waals surface area contributed by atoms with Crippen LogP contribution in [0.5, 0.6) is 0 Å². The summed E-state index contributed by atoms with van der Waals surface area (Å²) in [4.78, 5) is 14.3. The van der Waals surface area contributed by atoms with Gasteiger partial charge in [-0.3, -0.25) is 10.1 Å². The number of thioether (sulfide) groups is 2. The molecular formula is C18H17N3O2S2. The normalized spacial score (nSPS) is 10.6. The van der Waals surface area contributed by atoms with E-state index in [1.54, 1.807) is 23.5 Å². The van der Waals surface area contributed by atoms with Gasteiger partial charge in [-0.05, 0) is 42.7 Å². The molecule has 7 heteroatoms. The number of aromatic nitrogens is 2. The van der Waals surface area contributed by atoms with Crippen molar-refractivity contribution in [1.29, 1.82) is 0 Å². The number of carbonyl (C=O) groups excluding carboxylic acids is 1. The summed E-state index contributed by atoms with van der Waals surface area (Å²) in [6.45, 7) is 0. The lowest BCUT2D eigenvalue weighted by atomic mass is 10.2. The van der Waals surface area contributed by atoms with E-state index < -0.39 is 0 Å². The maximum absolute atomic E-state index is 12.0. The first-order valence-corrected chi connectivity index (χ1v) is 9.91. The van der Waals surface area contributed by atoms with Crippen LogP contribution in [-0.2, 0) is 4.79 Å². The molecule has 1 amide bonds. The third-order valence-corrected chi connectivity index (χ3v) is 5.11. The molecule has 25 heavy (non-hydrogen) atoms. The Hall–Kier alpha value is -2.25. The highest BCUT2D eigenvalue weighted by Crippen LogP contribution is 2.23. The fraction of sp³-hybridized carbons (Fsp3) is 0.167. The quantitative estimate of drug-likeness (QED) is 0.613. The lowest BCUT2D eigenvalue weighted by Gasteiger charge is -2.01. The SMILES string of the molecule is CSc1ccc(-c2nnc(NC(=O)CCSc3ccccc3)o2)cc1. The molecule has 0 unspecified atom stereocenters. The third kappa shape index (κ3) is 5.11. The Bertz CT molecular complexity index is 820. The smallest absolute Gasteiger partial charge is 0.322 e. The first-order chi connectivity index (χ1) is 12.2. The number of hydrogen-bond acceptors (Lipinski definition) is 6. The molecule has 5 nitrogen and oxygen atoms in total. The van der Waals surface area contributed by atoms with Crippen LogP contribution < -0.4 is 5.32 Å². The van der Waals surface area contributed by atoms with Crippen LogP contribution >= 0.6 is 23.5 Å². The molecule has 0 saturated carbocycles. The van der Waals surface area contributed by atoms with Crippen LogP contribution in [0, 0.1) is 0 Å². The van der Waals surface area contributed by atoms with Crippen molar-refractivity contribution in [2.45, 2.75) is 16.2 Å². The molecule has 1 N–H and O–H groups in total. The minimum Gasteiger partial charge on any atom is -0.403 e. The van der Waals surface area contributed by atoms with E-state index >= 15 is 0 Å². The summed E-state index contributed by atoms with van der Waals surface area (Å²) in [5.74, 6) is 0.936. The lowest BCUT2D eigenvalue weighted by molar-refractivity contribution is -0.115. The predicted octanol–water partition coefficient (Wildman–Crippen LogP) is 4.58. The zero-order valence-corrected chi connectivity index (χ0v) is 15.3. The second kappa shape index (κ2) is 8.73. The predicted molar refractivity (Wildman–Crippen MR) is 102 cm³/mol. The molecular weight excluding hydrogens is 354 g/mol. The molecule has 0 atom stereocenters. The maximum Gasteiger partial charge on any atom is 0.322 e. The minimum atomic E-state index is -0.142. The Balaban J connectivity index is 1.51. The van der Waals surface area contributed by atoms with E-state index in [2.05, 4.69) is 15.5 Å². The standard InChI is InChI=1S/C18H17N3O2S2/c1-24-14-9-7-13(8-10-14)17-20-21-18(23-17)19-16(22)11-12-25-15-5-3-2-4-6-15/h2-10H,11-12H2,1H3,(H,19,21,22). The van der Waals surface area contributed by atoms with Crippen molar-refractivity contribution in [2.75, 3.05) is 17.3 Å². The first kappa shape index (κ1) is 17.6. The van der Waals surface area contributed by atoms with Gasteiger partial charge in [0, 0.05) is 27.5 Å². The molecule has 0 bridgehead atoms. The molecule has 0 radical (unpaired) electrons. The van der Waals surface area contributed by atoms with Gasteiger partial charge < -0.3 is 4.42 Å². The summed E-state index contributed by atoms with van der Waals surface area (Å²) in [7, 11) is 0. The second-order valence-electron chi connectivity index (χ2n) is 5.10. The summed E-state index contributed by atoms with van der Waals surface area (Å²) in [6.07, 6.45) is 2.39. The summed E-state index contributed by atoms with van der Waals surface area (Å²) in [5, 5.41) is 10.5. The van der Waals surface area contributed by atoms with E-state index in [0.717, 1.165) is 15.4 Å². The Morgan fingerprint density at radius 3 is 2.52 bits per heavy atom. The summed E-state index contributed by atoms with van der Waals surface area (Å²) >= 11 is 3.30. The summed E-state index contributed by atoms with van der Waals surface area (Å²) < 4.78 is 5.51. The van der Waals surface area contributed by atoms with Crippen LogP contribution in [0.25, 0.3) is 11.5 Å². The molecule has 0 aliphatic rings. The number of benzene rings is 2. The average molecular weight is 371 g/mol. The van der Waals surface area contributed by atoms with Gasteiger partial charge in [0.2, 0.25) is 11.8 Å². The van der Waals surface area contributed by atoms with Gasteiger partial charge in [-0.2, -0.15) is 0 Å². The average Bonchev–Trinajstić information content (AvgIpc) is 3.11. The maximum atomic E-state index is 12.0. The molecule has 0 aliphatic carbocycles. The molecule has 128 valence electrons. The number of rotatable bonds is 7. The van der Waals surface area contributed by atoms with Gasteiger partial charge in [0.25, 0.3) is 0 Å². The van der Waals surface area contributed by atoms with Crippen molar-refractivity contribution in [3.05, 3.63) is 54.6 Å². The van der Waals surface area contributed by atoms with E-state index in [9.17, 15) is 4.79 Å². The number of carbonyl (C=O) groups is 1. The molecule has 0 aliphatic heterocycles. The highest BCUT2D eigenvalue weighted by molar-refractivity contribution is 7.99. The van der Waals surface area contributed by atoms with Crippen molar-refractivity contribution in [3.63, 3.8) is 0 Å². The fourth-order valence-corrected chi connectivity index (χ4v) is 3.37. The van der Waals surface area contributed by atoms with Crippen LogP contribution in [0.15, 0.2) is 68.8 Å². The second-order valence-corrected chi connectivity index (χ2v) is 7.15. The van der Waals surface area contributed by atoms with Crippen LogP contribution in [0.2, 0.25) is 0 Å². The van der Waals surface area contributed by atoms with E-state index in [1.165, 1.54) is 0 Å².